The summed E-state index contributed by atoms with van der Waals surface area (Å²) in [4.78, 5) is 24.4. The van der Waals surface area contributed by atoms with Crippen molar-refractivity contribution in [3.8, 4) is 0 Å². The van der Waals surface area contributed by atoms with Crippen LogP contribution < -0.4 is 5.32 Å². The SMILES string of the molecule is C=CCN(CC)C(=O)NC1CCCC1C(=O)O. The average molecular weight is 240 g/mol. The van der Waals surface area contributed by atoms with E-state index in [1.165, 1.54) is 0 Å². The number of carbonyl (C=O) groups is 2. The molecular weight excluding hydrogens is 220 g/mol. The van der Waals surface area contributed by atoms with Crippen LogP contribution in [0.15, 0.2) is 12.7 Å². The Morgan fingerprint density at radius 2 is 2.24 bits per heavy atom. The van der Waals surface area contributed by atoms with Crippen LogP contribution in [0, 0.1) is 5.92 Å². The molecule has 1 rings (SSSR count). The maximum Gasteiger partial charge on any atom is 0.317 e. The molecule has 1 aliphatic rings. The first-order valence-electron chi connectivity index (χ1n) is 5.99. The van der Waals surface area contributed by atoms with Crippen LogP contribution in [0.5, 0.6) is 0 Å². The fourth-order valence-electron chi connectivity index (χ4n) is 2.19. The molecule has 5 nitrogen and oxygen atoms in total. The van der Waals surface area contributed by atoms with Gasteiger partial charge in [0.2, 0.25) is 0 Å². The minimum absolute atomic E-state index is 0.203. The molecule has 0 saturated heterocycles. The Labute approximate surface area is 101 Å². The lowest BCUT2D eigenvalue weighted by Gasteiger charge is -2.24. The first-order chi connectivity index (χ1) is 8.10. The van der Waals surface area contributed by atoms with Crippen LogP contribution in [0.4, 0.5) is 4.79 Å². The molecule has 2 N–H and O–H groups in total. The van der Waals surface area contributed by atoms with E-state index in [1.54, 1.807) is 11.0 Å². The predicted octanol–water partition coefficient (Wildman–Crippen LogP) is 1.46. The molecule has 0 aromatic carbocycles. The number of aliphatic carboxylic acids is 1. The minimum atomic E-state index is -0.820. The lowest BCUT2D eigenvalue weighted by atomic mass is 10.0. The second-order valence-corrected chi connectivity index (χ2v) is 4.26. The summed E-state index contributed by atoms with van der Waals surface area (Å²) in [7, 11) is 0. The first-order valence-corrected chi connectivity index (χ1v) is 5.99. The Balaban J connectivity index is 2.54. The Morgan fingerprint density at radius 1 is 1.53 bits per heavy atom. The van der Waals surface area contributed by atoms with Crippen LogP contribution in [0.1, 0.15) is 26.2 Å². The molecule has 1 aliphatic carbocycles. The Morgan fingerprint density at radius 3 is 2.76 bits per heavy atom. The van der Waals surface area contributed by atoms with E-state index in [0.717, 1.165) is 12.8 Å². The van der Waals surface area contributed by atoms with E-state index in [-0.39, 0.29) is 12.1 Å². The van der Waals surface area contributed by atoms with Crippen molar-refractivity contribution in [2.75, 3.05) is 13.1 Å². The number of hydrogen-bond acceptors (Lipinski definition) is 2. The molecule has 2 atom stereocenters. The van der Waals surface area contributed by atoms with Gasteiger partial charge in [-0.1, -0.05) is 12.5 Å². The molecule has 0 aromatic heterocycles. The number of rotatable bonds is 5. The number of likely N-dealkylation sites (N-methyl/N-ethyl adjacent to an activating group) is 1. The lowest BCUT2D eigenvalue weighted by molar-refractivity contribution is -0.142. The zero-order valence-corrected chi connectivity index (χ0v) is 10.2. The normalized spacial score (nSPS) is 23.1. The molecule has 5 heteroatoms. The van der Waals surface area contributed by atoms with E-state index in [2.05, 4.69) is 11.9 Å². The van der Waals surface area contributed by atoms with Crippen LogP contribution in [-0.2, 0) is 4.79 Å². The van der Waals surface area contributed by atoms with Crippen LogP contribution in [0.3, 0.4) is 0 Å². The molecule has 0 heterocycles. The highest BCUT2D eigenvalue weighted by atomic mass is 16.4. The summed E-state index contributed by atoms with van der Waals surface area (Å²) < 4.78 is 0. The molecule has 2 unspecified atom stereocenters. The van der Waals surface area contributed by atoms with Gasteiger partial charge < -0.3 is 15.3 Å². The van der Waals surface area contributed by atoms with Crippen LogP contribution >= 0.6 is 0 Å². The zero-order valence-electron chi connectivity index (χ0n) is 10.2. The fraction of sp³-hybridized carbons (Fsp3) is 0.667. The molecule has 0 bridgehead atoms. The largest absolute Gasteiger partial charge is 0.481 e. The second-order valence-electron chi connectivity index (χ2n) is 4.26. The van der Waals surface area contributed by atoms with Crippen molar-refractivity contribution in [2.24, 2.45) is 5.92 Å². The van der Waals surface area contributed by atoms with Crippen molar-refractivity contribution in [1.82, 2.24) is 10.2 Å². The van der Waals surface area contributed by atoms with Gasteiger partial charge in [0.25, 0.3) is 0 Å². The molecule has 17 heavy (non-hydrogen) atoms. The standard InChI is InChI=1S/C12H20N2O3/c1-3-8-14(4-2)12(17)13-10-7-5-6-9(10)11(15)16/h3,9-10H,1,4-8H2,2H3,(H,13,17)(H,15,16). The molecule has 0 radical (unpaired) electrons. The van der Waals surface area contributed by atoms with E-state index in [1.807, 2.05) is 6.92 Å². The number of carbonyl (C=O) groups excluding carboxylic acids is 1. The monoisotopic (exact) mass is 240 g/mol. The van der Waals surface area contributed by atoms with Gasteiger partial charge in [-0.2, -0.15) is 0 Å². The number of amides is 2. The maximum absolute atomic E-state index is 11.9. The van der Waals surface area contributed by atoms with Gasteiger partial charge in [0.05, 0.1) is 5.92 Å². The summed E-state index contributed by atoms with van der Waals surface area (Å²) in [6.45, 7) is 6.54. The second kappa shape index (κ2) is 6.27. The third-order valence-corrected chi connectivity index (χ3v) is 3.16. The number of nitrogens with zero attached hydrogens (tertiary/aromatic N) is 1. The molecular formula is C12H20N2O3. The number of hydrogen-bond donors (Lipinski definition) is 2. The van der Waals surface area contributed by atoms with Gasteiger partial charge in [0, 0.05) is 19.1 Å². The molecule has 0 aliphatic heterocycles. The summed E-state index contributed by atoms with van der Waals surface area (Å²) in [5.74, 6) is -1.26. The summed E-state index contributed by atoms with van der Waals surface area (Å²) in [6, 6.07) is -0.440. The van der Waals surface area contributed by atoms with Crippen molar-refractivity contribution in [2.45, 2.75) is 32.2 Å². The number of nitrogens with one attached hydrogen (secondary N) is 1. The summed E-state index contributed by atoms with van der Waals surface area (Å²) in [5, 5.41) is 11.8. The zero-order chi connectivity index (χ0) is 12.8. The molecule has 96 valence electrons. The van der Waals surface area contributed by atoms with Crippen molar-refractivity contribution in [3.63, 3.8) is 0 Å². The molecule has 0 spiro atoms. The smallest absolute Gasteiger partial charge is 0.317 e. The first kappa shape index (κ1) is 13.5. The van der Waals surface area contributed by atoms with Crippen molar-refractivity contribution >= 4 is 12.0 Å². The summed E-state index contributed by atoms with van der Waals surface area (Å²) in [6.07, 6.45) is 3.91. The number of carboxylic acid groups (broad SMARTS) is 1. The molecule has 0 aromatic rings. The van der Waals surface area contributed by atoms with Crippen LogP contribution in [-0.4, -0.2) is 41.1 Å². The molecule has 1 saturated carbocycles. The quantitative estimate of drug-likeness (QED) is 0.715. The third kappa shape index (κ3) is 3.47. The molecule has 1 fully saturated rings. The molecule has 2 amide bonds. The van der Waals surface area contributed by atoms with Gasteiger partial charge in [-0.25, -0.2) is 4.79 Å². The van der Waals surface area contributed by atoms with E-state index in [0.29, 0.717) is 19.5 Å². The number of carboxylic acids is 1. The van der Waals surface area contributed by atoms with E-state index in [9.17, 15) is 9.59 Å². The van der Waals surface area contributed by atoms with Crippen molar-refractivity contribution in [1.29, 1.82) is 0 Å². The van der Waals surface area contributed by atoms with Gasteiger partial charge in [-0.3, -0.25) is 4.79 Å². The van der Waals surface area contributed by atoms with E-state index < -0.39 is 11.9 Å². The van der Waals surface area contributed by atoms with Gasteiger partial charge in [0.1, 0.15) is 0 Å². The Bertz CT molecular complexity index is 304. The average Bonchev–Trinajstić information content (AvgIpc) is 2.73. The summed E-state index contributed by atoms with van der Waals surface area (Å²) in [5.41, 5.74) is 0. The topological polar surface area (TPSA) is 69.6 Å². The highest BCUT2D eigenvalue weighted by molar-refractivity contribution is 5.77. The lowest BCUT2D eigenvalue weighted by Crippen LogP contribution is -2.47. The highest BCUT2D eigenvalue weighted by Crippen LogP contribution is 2.25. The fourth-order valence-corrected chi connectivity index (χ4v) is 2.19. The predicted molar refractivity (Wildman–Crippen MR) is 64.7 cm³/mol. The highest BCUT2D eigenvalue weighted by Gasteiger charge is 2.34. The number of urea groups is 1. The van der Waals surface area contributed by atoms with Crippen LogP contribution in [0.25, 0.3) is 0 Å². The van der Waals surface area contributed by atoms with Gasteiger partial charge in [-0.05, 0) is 19.8 Å². The van der Waals surface area contributed by atoms with Crippen molar-refractivity contribution < 1.29 is 14.7 Å². The van der Waals surface area contributed by atoms with Crippen molar-refractivity contribution in [3.05, 3.63) is 12.7 Å². The van der Waals surface area contributed by atoms with Gasteiger partial charge in [0.15, 0.2) is 0 Å². The van der Waals surface area contributed by atoms with Gasteiger partial charge in [-0.15, -0.1) is 6.58 Å². The Kier molecular flexibility index (Phi) is 5.00. The van der Waals surface area contributed by atoms with E-state index in [4.69, 9.17) is 5.11 Å². The van der Waals surface area contributed by atoms with E-state index >= 15 is 0 Å². The summed E-state index contributed by atoms with van der Waals surface area (Å²) >= 11 is 0. The minimum Gasteiger partial charge on any atom is -0.481 e. The Hall–Kier alpha value is -1.52. The third-order valence-electron chi connectivity index (χ3n) is 3.16. The van der Waals surface area contributed by atoms with Crippen LogP contribution in [0.2, 0.25) is 0 Å². The van der Waals surface area contributed by atoms with Gasteiger partial charge >= 0.3 is 12.0 Å². The maximum atomic E-state index is 11.9.